The fraction of sp³-hybridized carbons (Fsp3) is 0.111. The summed E-state index contributed by atoms with van der Waals surface area (Å²) in [6.07, 6.45) is 3.26. The molecule has 0 aliphatic carbocycles. The maximum Gasteiger partial charge on any atom is 0.153 e. The SMILES string of the molecule is ClCc1cccc(-n2cc(Cl)cn2)n1. The van der Waals surface area contributed by atoms with Crippen LogP contribution in [-0.2, 0) is 5.88 Å². The van der Waals surface area contributed by atoms with Crippen molar-refractivity contribution in [2.24, 2.45) is 0 Å². The zero-order valence-corrected chi connectivity index (χ0v) is 8.70. The lowest BCUT2D eigenvalue weighted by molar-refractivity contribution is 0.839. The molecule has 0 aromatic carbocycles. The molecule has 0 bridgehead atoms. The van der Waals surface area contributed by atoms with E-state index >= 15 is 0 Å². The number of hydrogen-bond donors (Lipinski definition) is 0. The lowest BCUT2D eigenvalue weighted by Crippen LogP contribution is -1.99. The van der Waals surface area contributed by atoms with Crippen LogP contribution in [0.1, 0.15) is 5.69 Å². The minimum Gasteiger partial charge on any atom is -0.232 e. The first-order valence-corrected chi connectivity index (χ1v) is 4.93. The highest BCUT2D eigenvalue weighted by Crippen LogP contribution is 2.10. The van der Waals surface area contributed by atoms with Gasteiger partial charge in [0.1, 0.15) is 0 Å². The zero-order chi connectivity index (χ0) is 9.97. The fourth-order valence-corrected chi connectivity index (χ4v) is 1.38. The van der Waals surface area contributed by atoms with Crippen LogP contribution in [0.4, 0.5) is 0 Å². The Bertz CT molecular complexity index is 439. The molecule has 0 spiro atoms. The standard InChI is InChI=1S/C9H7Cl2N3/c10-4-8-2-1-3-9(13-8)14-6-7(11)5-12-14/h1-3,5-6H,4H2. The minimum atomic E-state index is 0.392. The molecule has 72 valence electrons. The summed E-state index contributed by atoms with van der Waals surface area (Å²) in [6.45, 7) is 0. The van der Waals surface area contributed by atoms with Gasteiger partial charge in [0, 0.05) is 0 Å². The molecule has 2 rings (SSSR count). The molecule has 2 heterocycles. The fourth-order valence-electron chi connectivity index (χ4n) is 1.10. The number of aromatic nitrogens is 3. The van der Waals surface area contributed by atoms with E-state index in [9.17, 15) is 0 Å². The van der Waals surface area contributed by atoms with E-state index in [1.807, 2.05) is 18.2 Å². The molecule has 5 heteroatoms. The van der Waals surface area contributed by atoms with Crippen molar-refractivity contribution in [3.8, 4) is 5.82 Å². The van der Waals surface area contributed by atoms with Crippen LogP contribution in [0.25, 0.3) is 5.82 Å². The van der Waals surface area contributed by atoms with Crippen molar-refractivity contribution in [2.75, 3.05) is 0 Å². The van der Waals surface area contributed by atoms with Crippen molar-refractivity contribution in [3.63, 3.8) is 0 Å². The lowest BCUT2D eigenvalue weighted by Gasteiger charge is -2.01. The Balaban J connectivity index is 2.41. The van der Waals surface area contributed by atoms with Crippen LogP contribution in [0, 0.1) is 0 Å². The van der Waals surface area contributed by atoms with Gasteiger partial charge in [-0.25, -0.2) is 9.67 Å². The Morgan fingerprint density at radius 2 is 2.21 bits per heavy atom. The normalized spacial score (nSPS) is 10.4. The Labute approximate surface area is 91.3 Å². The van der Waals surface area contributed by atoms with Crippen LogP contribution in [-0.4, -0.2) is 14.8 Å². The van der Waals surface area contributed by atoms with Gasteiger partial charge in [0.15, 0.2) is 5.82 Å². The van der Waals surface area contributed by atoms with E-state index in [-0.39, 0.29) is 0 Å². The highest BCUT2D eigenvalue weighted by molar-refractivity contribution is 6.30. The van der Waals surface area contributed by atoms with E-state index in [4.69, 9.17) is 23.2 Å². The third-order valence-electron chi connectivity index (χ3n) is 1.71. The third kappa shape index (κ3) is 1.89. The van der Waals surface area contributed by atoms with Gasteiger partial charge >= 0.3 is 0 Å². The molecule has 0 atom stereocenters. The second kappa shape index (κ2) is 3.98. The first-order valence-electron chi connectivity index (χ1n) is 4.02. The summed E-state index contributed by atoms with van der Waals surface area (Å²) in [7, 11) is 0. The highest BCUT2D eigenvalue weighted by Gasteiger charge is 2.00. The molecule has 14 heavy (non-hydrogen) atoms. The van der Waals surface area contributed by atoms with Gasteiger partial charge in [-0.05, 0) is 12.1 Å². The maximum atomic E-state index is 5.75. The third-order valence-corrected chi connectivity index (χ3v) is 2.18. The van der Waals surface area contributed by atoms with Gasteiger partial charge in [-0.3, -0.25) is 0 Å². The molecule has 2 aromatic heterocycles. The second-order valence-corrected chi connectivity index (χ2v) is 3.43. The van der Waals surface area contributed by atoms with Crippen LogP contribution in [0.2, 0.25) is 5.02 Å². The molecule has 0 radical (unpaired) electrons. The number of alkyl halides is 1. The molecule has 0 aliphatic rings. The molecule has 0 N–H and O–H groups in total. The van der Waals surface area contributed by atoms with Crippen molar-refractivity contribution >= 4 is 23.2 Å². The van der Waals surface area contributed by atoms with Gasteiger partial charge in [0.25, 0.3) is 0 Å². The number of hydrogen-bond acceptors (Lipinski definition) is 2. The summed E-state index contributed by atoms with van der Waals surface area (Å²) in [4.78, 5) is 4.28. The summed E-state index contributed by atoms with van der Waals surface area (Å²) in [5, 5.41) is 4.63. The molecular formula is C9H7Cl2N3. The summed E-state index contributed by atoms with van der Waals surface area (Å²) in [5.74, 6) is 1.11. The lowest BCUT2D eigenvalue weighted by atomic mass is 10.4. The number of nitrogens with zero attached hydrogens (tertiary/aromatic N) is 3. The van der Waals surface area contributed by atoms with Crippen LogP contribution in [0.15, 0.2) is 30.6 Å². The van der Waals surface area contributed by atoms with E-state index in [1.54, 1.807) is 17.1 Å². The first kappa shape index (κ1) is 9.49. The van der Waals surface area contributed by atoms with Crippen molar-refractivity contribution in [3.05, 3.63) is 41.3 Å². The minimum absolute atomic E-state index is 0.392. The first-order chi connectivity index (χ1) is 6.79. The van der Waals surface area contributed by atoms with Crippen molar-refractivity contribution < 1.29 is 0 Å². The topological polar surface area (TPSA) is 30.7 Å². The summed E-state index contributed by atoms with van der Waals surface area (Å²) >= 11 is 11.4. The molecule has 3 nitrogen and oxygen atoms in total. The Morgan fingerprint density at radius 1 is 1.36 bits per heavy atom. The Hall–Kier alpha value is -1.06. The molecule has 0 unspecified atom stereocenters. The molecule has 0 saturated carbocycles. The summed E-state index contributed by atoms with van der Waals surface area (Å²) < 4.78 is 1.61. The quantitative estimate of drug-likeness (QED) is 0.739. The largest absolute Gasteiger partial charge is 0.232 e. The smallest absolute Gasteiger partial charge is 0.153 e. The second-order valence-electron chi connectivity index (χ2n) is 2.72. The van der Waals surface area contributed by atoms with Gasteiger partial charge in [-0.2, -0.15) is 5.10 Å². The van der Waals surface area contributed by atoms with Gasteiger partial charge in [0.05, 0.1) is 29.0 Å². The Morgan fingerprint density at radius 3 is 2.86 bits per heavy atom. The van der Waals surface area contributed by atoms with Crippen LogP contribution in [0.3, 0.4) is 0 Å². The molecule has 0 fully saturated rings. The van der Waals surface area contributed by atoms with E-state index in [0.717, 1.165) is 11.5 Å². The molecular weight excluding hydrogens is 221 g/mol. The van der Waals surface area contributed by atoms with Gasteiger partial charge in [0.2, 0.25) is 0 Å². The number of halogens is 2. The predicted octanol–water partition coefficient (Wildman–Crippen LogP) is 2.66. The van der Waals surface area contributed by atoms with E-state index in [0.29, 0.717) is 10.9 Å². The van der Waals surface area contributed by atoms with E-state index < -0.39 is 0 Å². The monoisotopic (exact) mass is 227 g/mol. The van der Waals surface area contributed by atoms with Crippen LogP contribution >= 0.6 is 23.2 Å². The maximum absolute atomic E-state index is 5.75. The van der Waals surface area contributed by atoms with Crippen molar-refractivity contribution in [1.82, 2.24) is 14.8 Å². The Kier molecular flexibility index (Phi) is 2.70. The molecule has 2 aromatic rings. The van der Waals surface area contributed by atoms with Crippen LogP contribution in [0.5, 0.6) is 0 Å². The zero-order valence-electron chi connectivity index (χ0n) is 7.19. The van der Waals surface area contributed by atoms with Gasteiger partial charge in [-0.15, -0.1) is 11.6 Å². The predicted molar refractivity (Wildman–Crippen MR) is 55.9 cm³/mol. The van der Waals surface area contributed by atoms with E-state index in [1.165, 1.54) is 0 Å². The average Bonchev–Trinajstić information content (AvgIpc) is 2.65. The van der Waals surface area contributed by atoms with Crippen LogP contribution < -0.4 is 0 Å². The average molecular weight is 228 g/mol. The van der Waals surface area contributed by atoms with Gasteiger partial charge < -0.3 is 0 Å². The van der Waals surface area contributed by atoms with E-state index in [2.05, 4.69) is 10.1 Å². The molecule has 0 saturated heterocycles. The molecule has 0 aliphatic heterocycles. The number of pyridine rings is 1. The molecule has 0 amide bonds. The summed E-state index contributed by atoms with van der Waals surface area (Å²) in [6, 6.07) is 5.59. The summed E-state index contributed by atoms with van der Waals surface area (Å²) in [5.41, 5.74) is 0.816. The van der Waals surface area contributed by atoms with Gasteiger partial charge in [-0.1, -0.05) is 17.7 Å². The number of rotatable bonds is 2. The highest BCUT2D eigenvalue weighted by atomic mass is 35.5. The van der Waals surface area contributed by atoms with Crippen molar-refractivity contribution in [1.29, 1.82) is 0 Å². The van der Waals surface area contributed by atoms with Crippen molar-refractivity contribution in [2.45, 2.75) is 5.88 Å².